The number of halogens is 1. The molecule has 0 atom stereocenters. The minimum atomic E-state index is -1.07. The van der Waals surface area contributed by atoms with Crippen molar-refractivity contribution in [2.75, 3.05) is 11.9 Å². The number of nitrogens with zero attached hydrogens (tertiary/aromatic N) is 2. The Hall–Kier alpha value is -2.34. The summed E-state index contributed by atoms with van der Waals surface area (Å²) in [5.74, 6) is 0.519. The zero-order valence-electron chi connectivity index (χ0n) is 11.6. The number of hydrogen-bond acceptors (Lipinski definition) is 5. The highest BCUT2D eigenvalue weighted by Gasteiger charge is 2.10. The second kappa shape index (κ2) is 6.41. The Bertz CT molecular complexity index is 677. The van der Waals surface area contributed by atoms with Crippen LogP contribution in [0.1, 0.15) is 23.1 Å². The lowest BCUT2D eigenvalue weighted by Crippen LogP contribution is -2.02. The summed E-state index contributed by atoms with van der Waals surface area (Å²) in [6.07, 6.45) is 0. The van der Waals surface area contributed by atoms with Gasteiger partial charge >= 0.3 is 5.97 Å². The average molecular weight is 308 g/mol. The number of nitrogens with one attached hydrogen (secondary N) is 1. The Morgan fingerprint density at radius 3 is 2.76 bits per heavy atom. The van der Waals surface area contributed by atoms with Crippen LogP contribution in [0.25, 0.3) is 0 Å². The number of aryl methyl sites for hydroxylation is 1. The van der Waals surface area contributed by atoms with E-state index in [1.165, 1.54) is 12.1 Å². The van der Waals surface area contributed by atoms with Gasteiger partial charge in [0.1, 0.15) is 11.6 Å². The maximum Gasteiger partial charge on any atom is 0.337 e. The molecule has 1 aromatic carbocycles. The van der Waals surface area contributed by atoms with Gasteiger partial charge in [0.05, 0.1) is 17.2 Å². The predicted octanol–water partition coefficient (Wildman–Crippen LogP) is 3.28. The molecule has 0 aliphatic rings. The molecule has 0 spiro atoms. The number of rotatable bonds is 5. The van der Waals surface area contributed by atoms with E-state index < -0.39 is 5.97 Å². The van der Waals surface area contributed by atoms with Gasteiger partial charge in [0.2, 0.25) is 5.88 Å². The summed E-state index contributed by atoms with van der Waals surface area (Å²) in [6, 6.07) is 6.25. The van der Waals surface area contributed by atoms with Crippen molar-refractivity contribution >= 4 is 29.1 Å². The van der Waals surface area contributed by atoms with Crippen molar-refractivity contribution in [2.24, 2.45) is 0 Å². The number of hydrogen-bond donors (Lipinski definition) is 2. The van der Waals surface area contributed by atoms with E-state index in [2.05, 4.69) is 15.3 Å². The summed E-state index contributed by atoms with van der Waals surface area (Å²) < 4.78 is 5.34. The first-order valence-corrected chi connectivity index (χ1v) is 6.65. The smallest absolute Gasteiger partial charge is 0.337 e. The zero-order chi connectivity index (χ0) is 15.4. The molecule has 0 unspecified atom stereocenters. The molecule has 0 amide bonds. The third kappa shape index (κ3) is 3.82. The number of ether oxygens (including phenoxy) is 1. The van der Waals surface area contributed by atoms with Crippen LogP contribution in [0.5, 0.6) is 5.88 Å². The lowest BCUT2D eigenvalue weighted by Gasteiger charge is -2.09. The van der Waals surface area contributed by atoms with E-state index in [-0.39, 0.29) is 10.6 Å². The summed E-state index contributed by atoms with van der Waals surface area (Å²) >= 11 is 5.92. The van der Waals surface area contributed by atoms with E-state index in [1.54, 1.807) is 19.1 Å². The van der Waals surface area contributed by atoms with Gasteiger partial charge in [0.15, 0.2) is 0 Å². The van der Waals surface area contributed by atoms with Crippen LogP contribution in [0.2, 0.25) is 5.02 Å². The van der Waals surface area contributed by atoms with Crippen LogP contribution in [0.3, 0.4) is 0 Å². The highest BCUT2D eigenvalue weighted by Crippen LogP contribution is 2.24. The van der Waals surface area contributed by atoms with Crippen LogP contribution in [-0.4, -0.2) is 27.7 Å². The fourth-order valence-corrected chi connectivity index (χ4v) is 2.00. The van der Waals surface area contributed by atoms with Crippen LogP contribution in [-0.2, 0) is 0 Å². The Morgan fingerprint density at radius 1 is 1.38 bits per heavy atom. The van der Waals surface area contributed by atoms with Gasteiger partial charge in [0, 0.05) is 11.8 Å². The largest absolute Gasteiger partial charge is 0.478 e. The number of aromatic carboxylic acids is 1. The van der Waals surface area contributed by atoms with Gasteiger partial charge < -0.3 is 15.2 Å². The summed E-state index contributed by atoms with van der Waals surface area (Å²) in [5.41, 5.74) is 0.682. The van der Waals surface area contributed by atoms with Crippen LogP contribution in [0, 0.1) is 6.92 Å². The lowest BCUT2D eigenvalue weighted by atomic mass is 10.2. The molecule has 21 heavy (non-hydrogen) atoms. The fraction of sp³-hybridized carbons (Fsp3) is 0.214. The van der Waals surface area contributed by atoms with E-state index in [0.717, 1.165) is 0 Å². The number of carbonyl (C=O) groups is 1. The van der Waals surface area contributed by atoms with Gasteiger partial charge in [0.25, 0.3) is 0 Å². The molecule has 1 aromatic heterocycles. The highest BCUT2D eigenvalue weighted by atomic mass is 35.5. The molecule has 0 fully saturated rings. The summed E-state index contributed by atoms with van der Waals surface area (Å²) in [7, 11) is 0. The molecule has 0 aliphatic heterocycles. The SMILES string of the molecule is CCOc1cc(Nc2ccc(C(=O)O)c(Cl)c2)nc(C)n1. The van der Waals surface area contributed by atoms with Crippen molar-refractivity contribution in [3.05, 3.63) is 40.7 Å². The van der Waals surface area contributed by atoms with Gasteiger partial charge in [-0.05, 0) is 32.0 Å². The van der Waals surface area contributed by atoms with Crippen molar-refractivity contribution < 1.29 is 14.6 Å². The monoisotopic (exact) mass is 307 g/mol. The Kier molecular flexibility index (Phi) is 4.59. The molecule has 0 saturated carbocycles. The lowest BCUT2D eigenvalue weighted by molar-refractivity contribution is 0.0697. The number of anilines is 2. The van der Waals surface area contributed by atoms with Crippen molar-refractivity contribution in [1.82, 2.24) is 9.97 Å². The fourth-order valence-electron chi connectivity index (χ4n) is 1.74. The Morgan fingerprint density at radius 2 is 2.14 bits per heavy atom. The molecule has 0 aliphatic carbocycles. The van der Waals surface area contributed by atoms with E-state index in [4.69, 9.17) is 21.4 Å². The molecule has 110 valence electrons. The number of aromatic nitrogens is 2. The molecule has 2 N–H and O–H groups in total. The van der Waals surface area contributed by atoms with Gasteiger partial charge in [-0.25, -0.2) is 9.78 Å². The van der Waals surface area contributed by atoms with Gasteiger partial charge in [-0.15, -0.1) is 0 Å². The van der Waals surface area contributed by atoms with Gasteiger partial charge in [-0.3, -0.25) is 0 Å². The second-order valence-electron chi connectivity index (χ2n) is 4.20. The van der Waals surface area contributed by atoms with Crippen molar-refractivity contribution in [1.29, 1.82) is 0 Å². The van der Waals surface area contributed by atoms with E-state index in [1.807, 2.05) is 6.92 Å². The molecule has 6 nitrogen and oxygen atoms in total. The van der Waals surface area contributed by atoms with Crippen molar-refractivity contribution in [2.45, 2.75) is 13.8 Å². The normalized spacial score (nSPS) is 10.2. The number of carboxylic acid groups (broad SMARTS) is 1. The van der Waals surface area contributed by atoms with Crippen LogP contribution < -0.4 is 10.1 Å². The van der Waals surface area contributed by atoms with Crippen LogP contribution in [0.15, 0.2) is 24.3 Å². The van der Waals surface area contributed by atoms with Crippen LogP contribution >= 0.6 is 11.6 Å². The highest BCUT2D eigenvalue weighted by molar-refractivity contribution is 6.33. The Labute approximate surface area is 126 Å². The van der Waals surface area contributed by atoms with E-state index >= 15 is 0 Å². The standard InChI is InChI=1S/C14H14ClN3O3/c1-3-21-13-7-12(16-8(2)17-13)18-9-4-5-10(14(19)20)11(15)6-9/h4-7H,3H2,1-2H3,(H,19,20)(H,16,17,18). The minimum Gasteiger partial charge on any atom is -0.478 e. The molecular weight excluding hydrogens is 294 g/mol. The minimum absolute atomic E-state index is 0.0519. The third-order valence-electron chi connectivity index (χ3n) is 2.58. The van der Waals surface area contributed by atoms with Gasteiger partial charge in [-0.2, -0.15) is 4.98 Å². The topological polar surface area (TPSA) is 84.3 Å². The molecule has 0 saturated heterocycles. The molecular formula is C14H14ClN3O3. The maximum absolute atomic E-state index is 10.9. The molecule has 0 bridgehead atoms. The van der Waals surface area contributed by atoms with Crippen molar-refractivity contribution in [3.8, 4) is 5.88 Å². The first-order chi connectivity index (χ1) is 9.99. The predicted molar refractivity (Wildman–Crippen MR) is 79.6 cm³/mol. The van der Waals surface area contributed by atoms with E-state index in [9.17, 15) is 4.79 Å². The summed E-state index contributed by atoms with van der Waals surface area (Å²) in [4.78, 5) is 19.3. The van der Waals surface area contributed by atoms with E-state index in [0.29, 0.717) is 29.8 Å². The first kappa shape index (κ1) is 15.1. The molecule has 0 radical (unpaired) electrons. The molecule has 2 rings (SSSR count). The third-order valence-corrected chi connectivity index (χ3v) is 2.89. The second-order valence-corrected chi connectivity index (χ2v) is 4.60. The quantitative estimate of drug-likeness (QED) is 0.882. The average Bonchev–Trinajstić information content (AvgIpc) is 2.37. The molecule has 7 heteroatoms. The summed E-state index contributed by atoms with van der Waals surface area (Å²) in [6.45, 7) is 4.14. The molecule has 1 heterocycles. The molecule has 2 aromatic rings. The number of benzene rings is 1. The first-order valence-electron chi connectivity index (χ1n) is 6.28. The number of carboxylic acids is 1. The van der Waals surface area contributed by atoms with Gasteiger partial charge in [-0.1, -0.05) is 11.6 Å². The van der Waals surface area contributed by atoms with Crippen LogP contribution in [0.4, 0.5) is 11.5 Å². The summed E-state index contributed by atoms with van der Waals surface area (Å²) in [5, 5.41) is 12.1. The zero-order valence-corrected chi connectivity index (χ0v) is 12.3. The van der Waals surface area contributed by atoms with Crippen molar-refractivity contribution in [3.63, 3.8) is 0 Å². The maximum atomic E-state index is 10.9. The Balaban J connectivity index is 2.25.